The maximum Gasteiger partial charge on any atom is 0.244 e. The second-order valence-electron chi connectivity index (χ2n) is 7.27. The van der Waals surface area contributed by atoms with E-state index in [4.69, 9.17) is 0 Å². The van der Waals surface area contributed by atoms with Crippen LogP contribution < -0.4 is 0 Å². The molecule has 1 saturated heterocycles. The average molecular weight is 351 g/mol. The SMILES string of the molecule is CCC1CN(C(=O)C2(S(=O)(=O)c3ccccc3)CC2)CC[C@@]1(C)O. The van der Waals surface area contributed by atoms with Gasteiger partial charge in [0.15, 0.2) is 14.6 Å². The highest BCUT2D eigenvalue weighted by atomic mass is 32.2. The van der Waals surface area contributed by atoms with Gasteiger partial charge >= 0.3 is 0 Å². The third-order valence-electron chi connectivity index (χ3n) is 5.65. The Morgan fingerprint density at radius 1 is 1.25 bits per heavy atom. The van der Waals surface area contributed by atoms with Crippen LogP contribution in [-0.4, -0.2) is 47.8 Å². The van der Waals surface area contributed by atoms with E-state index < -0.39 is 20.2 Å². The van der Waals surface area contributed by atoms with Crippen molar-refractivity contribution in [1.82, 2.24) is 4.90 Å². The highest BCUT2D eigenvalue weighted by molar-refractivity contribution is 7.94. The Morgan fingerprint density at radius 2 is 1.88 bits per heavy atom. The minimum Gasteiger partial charge on any atom is -0.390 e. The molecule has 5 nitrogen and oxygen atoms in total. The summed E-state index contributed by atoms with van der Waals surface area (Å²) < 4.78 is 24.7. The molecule has 1 aliphatic carbocycles. The molecule has 1 aliphatic heterocycles. The number of carbonyl (C=O) groups is 1. The van der Waals surface area contributed by atoms with Crippen molar-refractivity contribution >= 4 is 15.7 Å². The van der Waals surface area contributed by atoms with E-state index in [1.165, 1.54) is 0 Å². The molecule has 2 atom stereocenters. The van der Waals surface area contributed by atoms with Crippen molar-refractivity contribution in [2.24, 2.45) is 5.92 Å². The molecular formula is C18H25NO4S. The highest BCUT2D eigenvalue weighted by Gasteiger charge is 2.62. The Morgan fingerprint density at radius 3 is 2.42 bits per heavy atom. The van der Waals surface area contributed by atoms with Gasteiger partial charge in [0.05, 0.1) is 10.5 Å². The number of aliphatic hydroxyl groups is 1. The molecule has 0 spiro atoms. The molecule has 0 radical (unpaired) electrons. The number of benzene rings is 1. The van der Waals surface area contributed by atoms with Crippen molar-refractivity contribution in [3.8, 4) is 0 Å². The molecule has 132 valence electrons. The molecule has 1 heterocycles. The molecule has 1 saturated carbocycles. The zero-order chi connectivity index (χ0) is 17.6. The van der Waals surface area contributed by atoms with Gasteiger partial charge in [-0.05, 0) is 44.7 Å². The summed E-state index contributed by atoms with van der Waals surface area (Å²) in [6.45, 7) is 4.63. The summed E-state index contributed by atoms with van der Waals surface area (Å²) in [6, 6.07) is 8.23. The fourth-order valence-electron chi connectivity index (χ4n) is 3.70. The first-order chi connectivity index (χ1) is 11.2. The van der Waals surface area contributed by atoms with Crippen molar-refractivity contribution < 1.29 is 18.3 Å². The van der Waals surface area contributed by atoms with Crippen LogP contribution in [0.1, 0.15) is 39.5 Å². The summed E-state index contributed by atoms with van der Waals surface area (Å²) >= 11 is 0. The van der Waals surface area contributed by atoms with Crippen molar-refractivity contribution in [2.45, 2.75) is 54.8 Å². The summed E-state index contributed by atoms with van der Waals surface area (Å²) in [4.78, 5) is 14.9. The second-order valence-corrected chi connectivity index (χ2v) is 9.53. The zero-order valence-corrected chi connectivity index (χ0v) is 15.1. The number of likely N-dealkylation sites (tertiary alicyclic amines) is 1. The Bertz CT molecular complexity index is 723. The Kier molecular flexibility index (Phi) is 4.24. The van der Waals surface area contributed by atoms with Crippen molar-refractivity contribution in [1.29, 1.82) is 0 Å². The van der Waals surface area contributed by atoms with Crippen molar-refractivity contribution in [2.75, 3.05) is 13.1 Å². The monoisotopic (exact) mass is 351 g/mol. The van der Waals surface area contributed by atoms with E-state index in [0.717, 1.165) is 6.42 Å². The first kappa shape index (κ1) is 17.4. The minimum atomic E-state index is -3.68. The molecule has 0 bridgehead atoms. The highest BCUT2D eigenvalue weighted by Crippen LogP contribution is 2.49. The Labute approximate surface area is 143 Å². The summed E-state index contributed by atoms with van der Waals surface area (Å²) in [5.74, 6) is -0.314. The minimum absolute atomic E-state index is 0.0228. The zero-order valence-electron chi connectivity index (χ0n) is 14.2. The molecule has 1 aromatic carbocycles. The lowest BCUT2D eigenvalue weighted by Crippen LogP contribution is -2.55. The Hall–Kier alpha value is -1.40. The van der Waals surface area contributed by atoms with E-state index in [-0.39, 0.29) is 16.7 Å². The lowest BCUT2D eigenvalue weighted by Gasteiger charge is -2.43. The van der Waals surface area contributed by atoms with Gasteiger partial charge in [-0.1, -0.05) is 25.1 Å². The second kappa shape index (κ2) is 5.85. The molecule has 0 aromatic heterocycles. The van der Waals surface area contributed by atoms with Crippen LogP contribution in [0.5, 0.6) is 0 Å². The van der Waals surface area contributed by atoms with E-state index in [2.05, 4.69) is 0 Å². The predicted molar refractivity (Wildman–Crippen MR) is 91.2 cm³/mol. The van der Waals surface area contributed by atoms with Crippen LogP contribution in [0.4, 0.5) is 0 Å². The van der Waals surface area contributed by atoms with Gasteiger partial charge < -0.3 is 10.0 Å². The summed E-state index contributed by atoms with van der Waals surface area (Å²) in [5, 5.41) is 10.4. The first-order valence-electron chi connectivity index (χ1n) is 8.56. The number of carbonyl (C=O) groups excluding carboxylic acids is 1. The van der Waals surface area contributed by atoms with Crippen LogP contribution in [0, 0.1) is 5.92 Å². The average Bonchev–Trinajstić information content (AvgIpc) is 3.37. The topological polar surface area (TPSA) is 74.7 Å². The van der Waals surface area contributed by atoms with Gasteiger partial charge in [-0.15, -0.1) is 0 Å². The third kappa shape index (κ3) is 2.65. The standard InChI is InChI=1S/C18H25NO4S/c1-3-14-13-19(12-11-17(14,2)21)16(20)18(9-10-18)24(22,23)15-7-5-4-6-8-15/h4-8,14,21H,3,9-13H2,1-2H3/t14?,17-/m1/s1. The smallest absolute Gasteiger partial charge is 0.244 e. The number of amides is 1. The molecule has 24 heavy (non-hydrogen) atoms. The van der Waals surface area contributed by atoms with E-state index in [1.54, 1.807) is 42.2 Å². The van der Waals surface area contributed by atoms with Crippen LogP contribution in [0.15, 0.2) is 35.2 Å². The Balaban J connectivity index is 1.85. The van der Waals surface area contributed by atoms with Crippen LogP contribution in [-0.2, 0) is 14.6 Å². The van der Waals surface area contributed by atoms with Gasteiger partial charge in [0.2, 0.25) is 5.91 Å². The first-order valence-corrected chi connectivity index (χ1v) is 10.0. The van der Waals surface area contributed by atoms with Gasteiger partial charge in [0.25, 0.3) is 0 Å². The van der Waals surface area contributed by atoms with Crippen molar-refractivity contribution in [3.05, 3.63) is 30.3 Å². The van der Waals surface area contributed by atoms with Crippen LogP contribution >= 0.6 is 0 Å². The normalized spacial score (nSPS) is 29.3. The number of nitrogens with zero attached hydrogens (tertiary/aromatic N) is 1. The molecule has 3 rings (SSSR count). The third-order valence-corrected chi connectivity index (χ3v) is 8.15. The van der Waals surface area contributed by atoms with E-state index in [0.29, 0.717) is 32.4 Å². The molecule has 2 aliphatic rings. The maximum absolute atomic E-state index is 13.0. The molecule has 2 fully saturated rings. The lowest BCUT2D eigenvalue weighted by atomic mass is 9.81. The van der Waals surface area contributed by atoms with Gasteiger partial charge in [0, 0.05) is 19.0 Å². The predicted octanol–water partition coefficient (Wildman–Crippen LogP) is 2.00. The number of piperidine rings is 1. The van der Waals surface area contributed by atoms with Crippen LogP contribution in [0.3, 0.4) is 0 Å². The number of sulfone groups is 1. The van der Waals surface area contributed by atoms with Gasteiger partial charge in [-0.25, -0.2) is 8.42 Å². The summed E-state index contributed by atoms with van der Waals surface area (Å²) in [5.41, 5.74) is -0.791. The van der Waals surface area contributed by atoms with Crippen LogP contribution in [0.25, 0.3) is 0 Å². The molecule has 1 N–H and O–H groups in total. The molecule has 1 unspecified atom stereocenters. The van der Waals surface area contributed by atoms with Gasteiger partial charge in [0.1, 0.15) is 0 Å². The molecule has 1 aromatic rings. The largest absolute Gasteiger partial charge is 0.390 e. The van der Waals surface area contributed by atoms with Gasteiger partial charge in [-0.3, -0.25) is 4.79 Å². The van der Waals surface area contributed by atoms with Gasteiger partial charge in [-0.2, -0.15) is 0 Å². The fourth-order valence-corrected chi connectivity index (χ4v) is 5.66. The molecular weight excluding hydrogens is 326 g/mol. The molecule has 6 heteroatoms. The van der Waals surface area contributed by atoms with Crippen LogP contribution in [0.2, 0.25) is 0 Å². The van der Waals surface area contributed by atoms with Crippen molar-refractivity contribution in [3.63, 3.8) is 0 Å². The number of rotatable bonds is 4. The van der Waals surface area contributed by atoms with E-state index >= 15 is 0 Å². The fraction of sp³-hybridized carbons (Fsp3) is 0.611. The van der Waals surface area contributed by atoms with E-state index in [1.807, 2.05) is 6.92 Å². The lowest BCUT2D eigenvalue weighted by molar-refractivity contribution is -0.139. The maximum atomic E-state index is 13.0. The number of hydrogen-bond donors (Lipinski definition) is 1. The summed E-state index contributed by atoms with van der Waals surface area (Å²) in [6.07, 6.45) is 2.01. The number of hydrogen-bond acceptors (Lipinski definition) is 4. The summed E-state index contributed by atoms with van der Waals surface area (Å²) in [7, 11) is -3.68. The molecule has 1 amide bonds. The van der Waals surface area contributed by atoms with E-state index in [9.17, 15) is 18.3 Å². The quantitative estimate of drug-likeness (QED) is 0.900.